The fraction of sp³-hybridized carbons (Fsp3) is 0.538. The Kier molecular flexibility index (Phi) is 4.69. The number of rotatable bonds is 6. The van der Waals surface area contributed by atoms with Crippen molar-refractivity contribution in [2.45, 2.75) is 26.6 Å². The van der Waals surface area contributed by atoms with Gasteiger partial charge < -0.3 is 18.9 Å². The Labute approximate surface area is 112 Å². The minimum atomic E-state index is -0.280. The molecule has 4 nitrogen and oxygen atoms in total. The molecule has 0 bridgehead atoms. The van der Waals surface area contributed by atoms with Gasteiger partial charge in [-0.15, -0.1) is 0 Å². The fourth-order valence-electron chi connectivity index (χ4n) is 1.83. The van der Waals surface area contributed by atoms with Gasteiger partial charge >= 0.3 is 0 Å². The van der Waals surface area contributed by atoms with Crippen molar-refractivity contribution in [3.05, 3.63) is 22.7 Å². The molecule has 0 fully saturated rings. The van der Waals surface area contributed by atoms with Gasteiger partial charge in [0.15, 0.2) is 17.8 Å². The lowest BCUT2D eigenvalue weighted by Crippen LogP contribution is -2.20. The highest BCUT2D eigenvalue weighted by Gasteiger charge is 2.19. The summed E-state index contributed by atoms with van der Waals surface area (Å²) in [5.74, 6) is 1.41. The average Bonchev–Trinajstić information content (AvgIpc) is 2.77. The molecule has 0 N–H and O–H groups in total. The highest BCUT2D eigenvalue weighted by Crippen LogP contribution is 2.37. The third-order valence-corrected chi connectivity index (χ3v) is 2.99. The van der Waals surface area contributed by atoms with Crippen molar-refractivity contribution in [3.63, 3.8) is 0 Å². The normalized spacial score (nSPS) is 13.3. The molecule has 1 aromatic rings. The van der Waals surface area contributed by atoms with Gasteiger partial charge in [-0.25, -0.2) is 0 Å². The Morgan fingerprint density at radius 3 is 2.39 bits per heavy atom. The molecule has 0 saturated carbocycles. The summed E-state index contributed by atoms with van der Waals surface area (Å²) in [4.78, 5) is 0. The molecule has 0 unspecified atom stereocenters. The van der Waals surface area contributed by atoms with E-state index < -0.39 is 0 Å². The van der Waals surface area contributed by atoms with Crippen molar-refractivity contribution in [2.24, 2.45) is 0 Å². The quantitative estimate of drug-likeness (QED) is 0.746. The Morgan fingerprint density at radius 2 is 1.78 bits per heavy atom. The van der Waals surface area contributed by atoms with Crippen LogP contribution in [0, 0.1) is 0 Å². The first-order chi connectivity index (χ1) is 8.74. The van der Waals surface area contributed by atoms with Crippen LogP contribution in [0.25, 0.3) is 0 Å². The van der Waals surface area contributed by atoms with Gasteiger partial charge in [0.05, 0.1) is 0 Å². The van der Waals surface area contributed by atoms with Crippen LogP contribution >= 0.6 is 11.6 Å². The summed E-state index contributed by atoms with van der Waals surface area (Å²) >= 11 is 6.21. The largest absolute Gasteiger partial charge is 0.454 e. The maximum Gasteiger partial charge on any atom is 0.231 e. The highest BCUT2D eigenvalue weighted by atomic mass is 35.5. The van der Waals surface area contributed by atoms with Crippen LogP contribution in [-0.4, -0.2) is 26.3 Å². The third-order valence-electron chi connectivity index (χ3n) is 2.63. The molecule has 0 aromatic heterocycles. The Morgan fingerprint density at radius 1 is 1.17 bits per heavy atom. The smallest absolute Gasteiger partial charge is 0.231 e. The number of ether oxygens (including phenoxy) is 4. The zero-order valence-electron chi connectivity index (χ0n) is 10.6. The summed E-state index contributed by atoms with van der Waals surface area (Å²) in [5, 5.41) is 0.642. The summed E-state index contributed by atoms with van der Waals surface area (Å²) in [6.45, 7) is 5.33. The molecule has 0 aliphatic carbocycles. The van der Waals surface area contributed by atoms with Gasteiger partial charge in [0, 0.05) is 30.7 Å². The van der Waals surface area contributed by atoms with Gasteiger partial charge in [0.25, 0.3) is 0 Å². The Balaban J connectivity index is 2.12. The average molecular weight is 273 g/mol. The summed E-state index contributed by atoms with van der Waals surface area (Å²) in [6.07, 6.45) is 0.315. The first kappa shape index (κ1) is 13.5. The monoisotopic (exact) mass is 272 g/mol. The molecule has 100 valence electrons. The number of benzene rings is 1. The van der Waals surface area contributed by atoms with E-state index in [9.17, 15) is 0 Å². The van der Waals surface area contributed by atoms with Crippen LogP contribution < -0.4 is 9.47 Å². The van der Waals surface area contributed by atoms with Crippen molar-refractivity contribution in [2.75, 3.05) is 20.0 Å². The second kappa shape index (κ2) is 6.27. The van der Waals surface area contributed by atoms with E-state index >= 15 is 0 Å². The van der Waals surface area contributed by atoms with Crippen LogP contribution in [0.5, 0.6) is 11.5 Å². The molecule has 1 aliphatic heterocycles. The lowest BCUT2D eigenvalue weighted by Gasteiger charge is -2.17. The minimum Gasteiger partial charge on any atom is -0.454 e. The highest BCUT2D eigenvalue weighted by molar-refractivity contribution is 6.31. The number of fused-ring (bicyclic) bond motifs is 1. The topological polar surface area (TPSA) is 36.9 Å². The van der Waals surface area contributed by atoms with E-state index in [0.29, 0.717) is 30.4 Å². The summed E-state index contributed by atoms with van der Waals surface area (Å²) < 4.78 is 21.6. The molecule has 0 spiro atoms. The summed E-state index contributed by atoms with van der Waals surface area (Å²) in [6, 6.07) is 3.66. The zero-order valence-corrected chi connectivity index (χ0v) is 11.3. The van der Waals surface area contributed by atoms with Crippen molar-refractivity contribution >= 4 is 11.6 Å². The van der Waals surface area contributed by atoms with E-state index in [1.807, 2.05) is 19.9 Å². The van der Waals surface area contributed by atoms with E-state index in [2.05, 4.69) is 0 Å². The second-order valence-electron chi connectivity index (χ2n) is 3.84. The molecule has 18 heavy (non-hydrogen) atoms. The van der Waals surface area contributed by atoms with Crippen molar-refractivity contribution in [3.8, 4) is 11.5 Å². The van der Waals surface area contributed by atoms with Gasteiger partial charge in [-0.05, 0) is 25.5 Å². The van der Waals surface area contributed by atoms with Crippen LogP contribution in [0.1, 0.15) is 19.4 Å². The first-order valence-corrected chi connectivity index (χ1v) is 6.43. The van der Waals surface area contributed by atoms with Crippen LogP contribution in [0.3, 0.4) is 0 Å². The number of hydrogen-bond acceptors (Lipinski definition) is 4. The third kappa shape index (κ3) is 3.07. The van der Waals surface area contributed by atoms with E-state index in [-0.39, 0.29) is 13.1 Å². The van der Waals surface area contributed by atoms with Gasteiger partial charge in [-0.2, -0.15) is 0 Å². The SMILES string of the molecule is CCOC(Cc1cc2c(cc1Cl)OCO2)OCC. The van der Waals surface area contributed by atoms with Gasteiger partial charge in [0.2, 0.25) is 6.79 Å². The van der Waals surface area contributed by atoms with Crippen molar-refractivity contribution in [1.29, 1.82) is 0 Å². The molecule has 2 rings (SSSR count). The van der Waals surface area contributed by atoms with Gasteiger partial charge in [0.1, 0.15) is 0 Å². The summed E-state index contributed by atoms with van der Waals surface area (Å²) in [5.41, 5.74) is 0.938. The van der Waals surface area contributed by atoms with Crippen LogP contribution in [0.4, 0.5) is 0 Å². The maximum atomic E-state index is 6.21. The molecule has 1 aliphatic rings. The fourth-order valence-corrected chi connectivity index (χ4v) is 2.06. The number of halogens is 1. The molecule has 1 heterocycles. The molecular formula is C13H17ClO4. The molecule has 0 amide bonds. The van der Waals surface area contributed by atoms with Crippen LogP contribution in [0.2, 0.25) is 5.02 Å². The molecule has 5 heteroatoms. The molecule has 1 aromatic carbocycles. The molecule has 0 saturated heterocycles. The Bertz CT molecular complexity index is 402. The van der Waals surface area contributed by atoms with E-state index in [1.165, 1.54) is 0 Å². The lowest BCUT2D eigenvalue weighted by atomic mass is 10.1. The predicted octanol–water partition coefficient (Wildman–Crippen LogP) is 3.01. The van der Waals surface area contributed by atoms with Gasteiger partial charge in [-0.3, -0.25) is 0 Å². The van der Waals surface area contributed by atoms with E-state index in [4.69, 9.17) is 30.5 Å². The molecular weight excluding hydrogens is 256 g/mol. The lowest BCUT2D eigenvalue weighted by molar-refractivity contribution is -0.134. The zero-order chi connectivity index (χ0) is 13.0. The first-order valence-electron chi connectivity index (χ1n) is 6.05. The Hall–Kier alpha value is -0.970. The summed E-state index contributed by atoms with van der Waals surface area (Å²) in [7, 11) is 0. The predicted molar refractivity (Wildman–Crippen MR) is 68.3 cm³/mol. The van der Waals surface area contributed by atoms with Crippen molar-refractivity contribution < 1.29 is 18.9 Å². The van der Waals surface area contributed by atoms with E-state index in [1.54, 1.807) is 6.07 Å². The van der Waals surface area contributed by atoms with Crippen molar-refractivity contribution in [1.82, 2.24) is 0 Å². The standard InChI is InChI=1S/C13H17ClO4/c1-3-15-13(16-4-2)6-9-5-11-12(7-10(9)14)18-8-17-11/h5,7,13H,3-4,6,8H2,1-2H3. The molecule has 0 atom stereocenters. The van der Waals surface area contributed by atoms with Gasteiger partial charge in [-0.1, -0.05) is 11.6 Å². The second-order valence-corrected chi connectivity index (χ2v) is 4.25. The van der Waals surface area contributed by atoms with E-state index in [0.717, 1.165) is 11.3 Å². The van der Waals surface area contributed by atoms with Crippen LogP contribution in [-0.2, 0) is 15.9 Å². The molecule has 0 radical (unpaired) electrons. The number of hydrogen-bond donors (Lipinski definition) is 0. The maximum absolute atomic E-state index is 6.21. The van der Waals surface area contributed by atoms with Crippen LogP contribution in [0.15, 0.2) is 12.1 Å². The minimum absolute atomic E-state index is 0.246.